The van der Waals surface area contributed by atoms with Gasteiger partial charge in [0.2, 0.25) is 11.6 Å². The van der Waals surface area contributed by atoms with E-state index in [1.807, 2.05) is 0 Å². The first-order valence-corrected chi connectivity index (χ1v) is 16.7. The Kier molecular flexibility index (Phi) is 8.11. The molecule has 0 spiro atoms. The number of halogens is 8. The van der Waals surface area contributed by atoms with E-state index in [0.717, 1.165) is 30.3 Å². The number of nitrogens with two attached hydrogens (primary N) is 1. The van der Waals surface area contributed by atoms with E-state index in [2.05, 4.69) is 20.4 Å². The van der Waals surface area contributed by atoms with Gasteiger partial charge in [0, 0.05) is 23.1 Å². The first-order valence-electron chi connectivity index (χ1n) is 16.7. The number of alkyl halides is 5. The molecule has 2 aromatic carbocycles. The third kappa shape index (κ3) is 6.24. The highest BCUT2D eigenvalue weighted by atomic mass is 19.4. The number of nitrogens with one attached hydrogen (secondary N) is 1. The van der Waals surface area contributed by atoms with Crippen molar-refractivity contribution in [1.82, 2.24) is 25.1 Å². The molecule has 1 fully saturated rings. The summed E-state index contributed by atoms with van der Waals surface area (Å²) in [4.78, 5) is 36.5. The largest absolute Gasteiger partial charge is 0.435 e. The molecule has 4 N–H and O–H groups in total. The summed E-state index contributed by atoms with van der Waals surface area (Å²) in [6.07, 6.45) is -3.27. The fraction of sp³-hybridized carbons (Fsp3) is 0.306. The fourth-order valence-electron chi connectivity index (χ4n) is 7.43. The van der Waals surface area contributed by atoms with E-state index in [1.54, 1.807) is 11.8 Å². The molecule has 11 nitrogen and oxygen atoms in total. The molecule has 5 aromatic rings. The number of hydrogen-bond donors (Lipinski definition) is 3. The number of rotatable bonds is 9. The average Bonchev–Trinajstić information content (AvgIpc) is 3.67. The highest BCUT2D eigenvalue weighted by Crippen LogP contribution is 2.60. The molecule has 286 valence electrons. The van der Waals surface area contributed by atoms with Crippen molar-refractivity contribution in [3.8, 4) is 11.1 Å². The minimum Gasteiger partial charge on any atom is -0.404 e. The van der Waals surface area contributed by atoms with Crippen LogP contribution in [0.4, 0.5) is 41.1 Å². The summed E-state index contributed by atoms with van der Waals surface area (Å²) in [6, 6.07) is 5.78. The number of carbonyl (C=O) groups is 2. The van der Waals surface area contributed by atoms with E-state index in [0.29, 0.717) is 10.7 Å². The summed E-state index contributed by atoms with van der Waals surface area (Å²) in [5.41, 5.74) is 0.465. The first-order chi connectivity index (χ1) is 25.8. The number of amides is 2. The Balaban J connectivity index is 1.24. The molecule has 0 bridgehead atoms. The van der Waals surface area contributed by atoms with Gasteiger partial charge in [0.05, 0.1) is 41.9 Å². The highest BCUT2D eigenvalue weighted by Gasteiger charge is 2.61. The summed E-state index contributed by atoms with van der Waals surface area (Å²) in [7, 11) is 0. The molecule has 8 rings (SSSR count). The zero-order valence-electron chi connectivity index (χ0n) is 28.3. The van der Waals surface area contributed by atoms with Crippen molar-refractivity contribution in [2.45, 2.75) is 49.5 Å². The number of aliphatic hydroxyl groups is 1. The molecule has 19 heteroatoms. The number of benzene rings is 2. The van der Waals surface area contributed by atoms with E-state index in [9.17, 15) is 41.0 Å². The lowest BCUT2D eigenvalue weighted by Gasteiger charge is -2.42. The van der Waals surface area contributed by atoms with Crippen molar-refractivity contribution in [1.29, 1.82) is 0 Å². The number of nitrogens with zero attached hydrogens (tertiary/aromatic N) is 5. The van der Waals surface area contributed by atoms with E-state index in [4.69, 9.17) is 10.2 Å². The highest BCUT2D eigenvalue weighted by molar-refractivity contribution is 5.95. The number of primary amides is 1. The van der Waals surface area contributed by atoms with Gasteiger partial charge in [-0.25, -0.2) is 18.2 Å². The van der Waals surface area contributed by atoms with Gasteiger partial charge in [-0.3, -0.25) is 14.3 Å². The van der Waals surface area contributed by atoms with Crippen molar-refractivity contribution in [2.24, 2.45) is 11.7 Å². The maximum absolute atomic E-state index is 15.5. The Labute approximate surface area is 304 Å². The second-order valence-electron chi connectivity index (χ2n) is 14.1. The lowest BCUT2D eigenvalue weighted by Crippen LogP contribution is -2.60. The van der Waals surface area contributed by atoms with Gasteiger partial charge in [-0.1, -0.05) is 18.2 Å². The van der Waals surface area contributed by atoms with Crippen molar-refractivity contribution < 1.29 is 54.2 Å². The van der Waals surface area contributed by atoms with Crippen LogP contribution in [0, 0.1) is 23.4 Å². The second kappa shape index (κ2) is 12.3. The molecule has 55 heavy (non-hydrogen) atoms. The minimum absolute atomic E-state index is 0.0397. The third-order valence-electron chi connectivity index (χ3n) is 9.84. The van der Waals surface area contributed by atoms with Gasteiger partial charge in [0.1, 0.15) is 35.2 Å². The average molecular weight is 774 g/mol. The van der Waals surface area contributed by atoms with E-state index < -0.39 is 100 Å². The Bertz CT molecular complexity index is 2430. The molecule has 4 heterocycles. The van der Waals surface area contributed by atoms with Crippen LogP contribution >= 0.6 is 0 Å². The number of pyridine rings is 1. The number of β-amino-alcohol motifs (C(OH)–C–C–N with tert-alkyl or cyclic N) is 1. The van der Waals surface area contributed by atoms with E-state index in [1.165, 1.54) is 18.2 Å². The minimum atomic E-state index is -5.13. The van der Waals surface area contributed by atoms with Gasteiger partial charge in [-0.15, -0.1) is 0 Å². The Morgan fingerprint density at radius 2 is 1.76 bits per heavy atom. The van der Waals surface area contributed by atoms with Crippen LogP contribution in [-0.4, -0.2) is 55.4 Å². The molecule has 0 saturated carbocycles. The first kappa shape index (κ1) is 36.1. The second-order valence-corrected chi connectivity index (χ2v) is 14.1. The number of aromatic nitrogens is 4. The van der Waals surface area contributed by atoms with Gasteiger partial charge >= 0.3 is 6.18 Å². The molecular formula is C36H27F8N7O4. The normalized spacial score (nSPS) is 19.8. The standard InChI is InChI=1S/C36H27F8N7O4/c1-34(54)13-50(14-34)33-47-25-11-20(16-2-5-23(39)21(9-16)31(45)53)28(48-32(25)55-33)24(8-15-6-17(37)10-18(38)7-15)46-26(52)12-51-30-27(29(49-51)36(42,43)44)19-3-4-22(19)35(30,40)41/h2-7,9-11,19,22,24,54H,8,12-14H2,1H3,(H2,45,53)(H,46,52)/t19-,22+,24-/m0/s1. The molecule has 3 aliphatic rings. The summed E-state index contributed by atoms with van der Waals surface area (Å²) in [6.45, 7) is 0.751. The molecule has 1 saturated heterocycles. The molecule has 2 aliphatic carbocycles. The number of anilines is 1. The number of hydrogen-bond acceptors (Lipinski definition) is 8. The number of carbonyl (C=O) groups excluding carboxylic acids is 2. The van der Waals surface area contributed by atoms with Crippen molar-refractivity contribution in [2.75, 3.05) is 18.0 Å². The fourth-order valence-corrected chi connectivity index (χ4v) is 7.43. The van der Waals surface area contributed by atoms with E-state index in [-0.39, 0.29) is 52.7 Å². The van der Waals surface area contributed by atoms with Crippen molar-refractivity contribution in [3.05, 3.63) is 106 Å². The van der Waals surface area contributed by atoms with Crippen LogP contribution in [0.15, 0.2) is 59.0 Å². The molecule has 0 radical (unpaired) electrons. The Hall–Kier alpha value is -5.85. The SMILES string of the molecule is CC1(O)CN(c2nc3cc(-c4ccc(F)c(C(N)=O)c4)c([C@H](Cc4cc(F)cc(F)c4)NC(=O)Cn4nc(C(F)(F)F)c5c4C(F)(F)[C@@H]4C=C[C@H]54)nc3o2)C1. The van der Waals surface area contributed by atoms with Crippen LogP contribution < -0.4 is 16.0 Å². The summed E-state index contributed by atoms with van der Waals surface area (Å²) in [5.74, 6) is -11.8. The van der Waals surface area contributed by atoms with Gasteiger partial charge in [-0.05, 0) is 54.8 Å². The molecule has 3 aromatic heterocycles. The van der Waals surface area contributed by atoms with Gasteiger partial charge in [-0.2, -0.15) is 32.0 Å². The molecule has 2 amide bonds. The van der Waals surface area contributed by atoms with Crippen LogP contribution in [0.1, 0.15) is 57.5 Å². The Morgan fingerprint density at radius 1 is 1.05 bits per heavy atom. The van der Waals surface area contributed by atoms with E-state index >= 15 is 8.78 Å². The van der Waals surface area contributed by atoms with Gasteiger partial charge < -0.3 is 25.5 Å². The van der Waals surface area contributed by atoms with Crippen molar-refractivity contribution >= 4 is 29.1 Å². The quantitative estimate of drug-likeness (QED) is 0.128. The summed E-state index contributed by atoms with van der Waals surface area (Å²) < 4.78 is 123. The summed E-state index contributed by atoms with van der Waals surface area (Å²) in [5, 5.41) is 16.2. The van der Waals surface area contributed by atoms with Crippen LogP contribution in [0.25, 0.3) is 22.4 Å². The van der Waals surface area contributed by atoms with Gasteiger partial charge in [0.15, 0.2) is 5.69 Å². The molecule has 3 atom stereocenters. The molecule has 0 unspecified atom stereocenters. The maximum Gasteiger partial charge on any atom is 0.435 e. The number of oxazole rings is 1. The zero-order chi connectivity index (χ0) is 39.4. The molecular weight excluding hydrogens is 746 g/mol. The molecule has 1 aliphatic heterocycles. The predicted octanol–water partition coefficient (Wildman–Crippen LogP) is 5.67. The summed E-state index contributed by atoms with van der Waals surface area (Å²) >= 11 is 0. The third-order valence-corrected chi connectivity index (χ3v) is 9.84. The van der Waals surface area contributed by atoms with Crippen LogP contribution in [0.2, 0.25) is 0 Å². The van der Waals surface area contributed by atoms with Crippen LogP contribution in [-0.2, 0) is 29.9 Å². The van der Waals surface area contributed by atoms with Gasteiger partial charge in [0.25, 0.3) is 17.8 Å². The topological polar surface area (TPSA) is 152 Å². The van der Waals surface area contributed by atoms with Crippen LogP contribution in [0.3, 0.4) is 0 Å². The number of allylic oxidation sites excluding steroid dienone is 2. The van der Waals surface area contributed by atoms with Crippen molar-refractivity contribution in [3.63, 3.8) is 0 Å². The zero-order valence-corrected chi connectivity index (χ0v) is 28.3. The smallest absolute Gasteiger partial charge is 0.404 e. The van der Waals surface area contributed by atoms with Crippen LogP contribution in [0.5, 0.6) is 0 Å². The Morgan fingerprint density at radius 3 is 2.38 bits per heavy atom. The monoisotopic (exact) mass is 773 g/mol. The predicted molar refractivity (Wildman–Crippen MR) is 176 cm³/mol. The lowest BCUT2D eigenvalue weighted by atomic mass is 9.81. The number of fused-ring (bicyclic) bond motifs is 4. The lowest BCUT2D eigenvalue weighted by molar-refractivity contribution is -0.142. The maximum atomic E-state index is 15.5.